The predicted octanol–water partition coefficient (Wildman–Crippen LogP) is 3.80. The van der Waals surface area contributed by atoms with Crippen molar-refractivity contribution in [3.63, 3.8) is 0 Å². The molecule has 0 saturated carbocycles. The lowest BCUT2D eigenvalue weighted by Crippen LogP contribution is -2.35. The maximum absolute atomic E-state index is 13.0. The van der Waals surface area contributed by atoms with Crippen LogP contribution in [0.4, 0.5) is 0 Å². The highest BCUT2D eigenvalue weighted by Gasteiger charge is 2.45. The van der Waals surface area contributed by atoms with E-state index in [1.54, 1.807) is 35.2 Å². The van der Waals surface area contributed by atoms with Gasteiger partial charge < -0.3 is 19.6 Å². The van der Waals surface area contributed by atoms with Gasteiger partial charge in [-0.25, -0.2) is 0 Å². The second kappa shape index (κ2) is 10.3. The number of benzene rings is 2. The normalized spacial score (nSPS) is 17.8. The highest BCUT2D eigenvalue weighted by Crippen LogP contribution is 2.39. The SMILES string of the molecule is C=CCOc1ccc(/C(O)=C2\C(=O)C(=O)N(CCN(C)C)C2c2ccc(CC)cc2)cc1. The van der Waals surface area contributed by atoms with E-state index in [-0.39, 0.29) is 11.3 Å². The van der Waals surface area contributed by atoms with Crippen molar-refractivity contribution in [2.45, 2.75) is 19.4 Å². The molecule has 0 bridgehead atoms. The quantitative estimate of drug-likeness (QED) is 0.281. The van der Waals surface area contributed by atoms with Crippen LogP contribution >= 0.6 is 0 Å². The summed E-state index contributed by atoms with van der Waals surface area (Å²) in [4.78, 5) is 29.5. The number of likely N-dealkylation sites (tertiary alicyclic amines) is 1. The van der Waals surface area contributed by atoms with Crippen LogP contribution in [0.5, 0.6) is 5.75 Å². The minimum absolute atomic E-state index is 0.109. The number of ether oxygens (including phenoxy) is 1. The van der Waals surface area contributed by atoms with E-state index in [0.717, 1.165) is 17.5 Å². The molecule has 6 nitrogen and oxygen atoms in total. The van der Waals surface area contributed by atoms with Gasteiger partial charge in [-0.2, -0.15) is 0 Å². The molecule has 0 radical (unpaired) electrons. The van der Waals surface area contributed by atoms with Gasteiger partial charge in [-0.05, 0) is 55.9 Å². The van der Waals surface area contributed by atoms with Crippen molar-refractivity contribution in [2.24, 2.45) is 0 Å². The first-order valence-corrected chi connectivity index (χ1v) is 10.7. The molecule has 1 atom stereocenters. The molecule has 0 aliphatic carbocycles. The first-order valence-electron chi connectivity index (χ1n) is 10.7. The molecule has 3 rings (SSSR count). The fraction of sp³-hybridized carbons (Fsp3) is 0.308. The number of hydrogen-bond acceptors (Lipinski definition) is 5. The van der Waals surface area contributed by atoms with Crippen molar-refractivity contribution in [1.82, 2.24) is 9.80 Å². The van der Waals surface area contributed by atoms with Crippen LogP contribution in [0, 0.1) is 0 Å². The highest BCUT2D eigenvalue weighted by atomic mass is 16.5. The van der Waals surface area contributed by atoms with Crippen LogP contribution in [0.2, 0.25) is 0 Å². The summed E-state index contributed by atoms with van der Waals surface area (Å²) in [6.45, 7) is 7.04. The van der Waals surface area contributed by atoms with Crippen molar-refractivity contribution in [3.8, 4) is 5.75 Å². The minimum atomic E-state index is -0.669. The topological polar surface area (TPSA) is 70.1 Å². The number of nitrogens with zero attached hydrogens (tertiary/aromatic N) is 2. The summed E-state index contributed by atoms with van der Waals surface area (Å²) in [6, 6.07) is 14.0. The maximum atomic E-state index is 13.0. The van der Waals surface area contributed by atoms with E-state index in [1.807, 2.05) is 43.3 Å². The van der Waals surface area contributed by atoms with Crippen molar-refractivity contribution in [1.29, 1.82) is 0 Å². The van der Waals surface area contributed by atoms with Gasteiger partial charge >= 0.3 is 0 Å². The van der Waals surface area contributed by atoms with Crippen LogP contribution in [0.25, 0.3) is 5.76 Å². The molecule has 1 fully saturated rings. The van der Waals surface area contributed by atoms with Crippen molar-refractivity contribution >= 4 is 17.4 Å². The van der Waals surface area contributed by atoms with Crippen LogP contribution in [0.1, 0.15) is 29.7 Å². The smallest absolute Gasteiger partial charge is 0.295 e. The summed E-state index contributed by atoms with van der Waals surface area (Å²) in [5.41, 5.74) is 2.52. The summed E-state index contributed by atoms with van der Waals surface area (Å²) in [5, 5.41) is 11.1. The van der Waals surface area contributed by atoms with Crippen molar-refractivity contribution in [3.05, 3.63) is 83.4 Å². The molecule has 1 amide bonds. The third kappa shape index (κ3) is 4.92. The number of amides is 1. The van der Waals surface area contributed by atoms with Gasteiger partial charge in [-0.1, -0.05) is 43.8 Å². The molecule has 1 saturated heterocycles. The number of Topliss-reactive ketones (excluding diaryl/α,β-unsaturated/α-hetero) is 1. The third-order valence-electron chi connectivity index (χ3n) is 5.53. The minimum Gasteiger partial charge on any atom is -0.507 e. The summed E-state index contributed by atoms with van der Waals surface area (Å²) >= 11 is 0. The third-order valence-corrected chi connectivity index (χ3v) is 5.53. The number of aliphatic hydroxyl groups excluding tert-OH is 1. The number of aliphatic hydroxyl groups is 1. The molecular formula is C26H30N2O4. The molecule has 6 heteroatoms. The first-order chi connectivity index (χ1) is 15.4. The van der Waals surface area contributed by atoms with Gasteiger partial charge in [0, 0.05) is 18.7 Å². The standard InChI is InChI=1S/C26H30N2O4/c1-5-17-32-21-13-11-20(12-14-21)24(29)22-23(19-9-7-18(6-2)8-10-19)28(16-15-27(3)4)26(31)25(22)30/h5,7-14,23,29H,1,6,15-17H2,2-4H3/b24-22+. The molecule has 1 N–H and O–H groups in total. The molecule has 168 valence electrons. The van der Waals surface area contributed by atoms with E-state index in [9.17, 15) is 14.7 Å². The van der Waals surface area contributed by atoms with Gasteiger partial charge in [0.05, 0.1) is 11.6 Å². The summed E-state index contributed by atoms with van der Waals surface area (Å²) < 4.78 is 5.49. The molecule has 32 heavy (non-hydrogen) atoms. The number of ketones is 1. The van der Waals surface area contributed by atoms with Gasteiger partial charge in [0.1, 0.15) is 18.1 Å². The molecule has 2 aromatic rings. The maximum Gasteiger partial charge on any atom is 0.295 e. The summed E-state index contributed by atoms with van der Waals surface area (Å²) in [6.07, 6.45) is 2.54. The largest absolute Gasteiger partial charge is 0.507 e. The number of likely N-dealkylation sites (N-methyl/N-ethyl adjacent to an activating group) is 1. The second-order valence-corrected chi connectivity index (χ2v) is 8.01. The zero-order valence-electron chi connectivity index (χ0n) is 18.9. The Morgan fingerprint density at radius 1 is 1.12 bits per heavy atom. The zero-order chi connectivity index (χ0) is 23.3. The van der Waals surface area contributed by atoms with Gasteiger partial charge in [0.25, 0.3) is 11.7 Å². The van der Waals surface area contributed by atoms with Gasteiger partial charge in [-0.3, -0.25) is 9.59 Å². The molecular weight excluding hydrogens is 404 g/mol. The van der Waals surface area contributed by atoms with Crippen molar-refractivity contribution < 1.29 is 19.4 Å². The number of carbonyl (C=O) groups is 2. The Hall–Kier alpha value is -3.38. The molecule has 1 aliphatic heterocycles. The number of carbonyl (C=O) groups excluding carboxylic acids is 2. The molecule has 0 aromatic heterocycles. The molecule has 1 unspecified atom stereocenters. The van der Waals surface area contributed by atoms with Crippen LogP contribution in [-0.2, 0) is 16.0 Å². The average Bonchev–Trinajstić information content (AvgIpc) is 3.06. The number of aryl methyl sites for hydroxylation is 1. The summed E-state index contributed by atoms with van der Waals surface area (Å²) in [5.74, 6) is -0.822. The number of rotatable bonds is 9. The second-order valence-electron chi connectivity index (χ2n) is 8.01. The fourth-order valence-electron chi connectivity index (χ4n) is 3.72. The van der Waals surface area contributed by atoms with E-state index in [1.165, 1.54) is 0 Å². The van der Waals surface area contributed by atoms with Gasteiger partial charge in [0.15, 0.2) is 0 Å². The Morgan fingerprint density at radius 2 is 1.78 bits per heavy atom. The molecule has 1 aliphatic rings. The zero-order valence-corrected chi connectivity index (χ0v) is 18.9. The lowest BCUT2D eigenvalue weighted by molar-refractivity contribution is -0.140. The molecule has 2 aromatic carbocycles. The van der Waals surface area contributed by atoms with Crippen molar-refractivity contribution in [2.75, 3.05) is 33.8 Å². The Morgan fingerprint density at radius 3 is 2.34 bits per heavy atom. The number of hydrogen-bond donors (Lipinski definition) is 1. The molecule has 0 spiro atoms. The van der Waals surface area contributed by atoms with E-state index in [0.29, 0.717) is 31.0 Å². The van der Waals surface area contributed by atoms with E-state index in [4.69, 9.17) is 4.74 Å². The van der Waals surface area contributed by atoms with E-state index < -0.39 is 17.7 Å². The highest BCUT2D eigenvalue weighted by molar-refractivity contribution is 6.46. The van der Waals surface area contributed by atoms with E-state index in [2.05, 4.69) is 13.5 Å². The van der Waals surface area contributed by atoms with Crippen LogP contribution in [0.15, 0.2) is 66.8 Å². The lowest BCUT2D eigenvalue weighted by Gasteiger charge is -2.26. The summed E-state index contributed by atoms with van der Waals surface area (Å²) in [7, 11) is 3.83. The van der Waals surface area contributed by atoms with Crippen LogP contribution in [0.3, 0.4) is 0 Å². The average molecular weight is 435 g/mol. The van der Waals surface area contributed by atoms with Crippen LogP contribution < -0.4 is 4.74 Å². The Kier molecular flexibility index (Phi) is 7.49. The van der Waals surface area contributed by atoms with Gasteiger partial charge in [0.2, 0.25) is 0 Å². The Bertz CT molecular complexity index is 1010. The van der Waals surface area contributed by atoms with Crippen LogP contribution in [-0.4, -0.2) is 60.4 Å². The Labute approximate surface area is 189 Å². The predicted molar refractivity (Wildman–Crippen MR) is 126 cm³/mol. The van der Waals surface area contributed by atoms with Gasteiger partial charge in [-0.15, -0.1) is 0 Å². The molecule has 1 heterocycles. The van der Waals surface area contributed by atoms with E-state index >= 15 is 0 Å². The first kappa shape index (κ1) is 23.3. The fourth-order valence-corrected chi connectivity index (χ4v) is 3.72. The monoisotopic (exact) mass is 434 g/mol. The lowest BCUT2D eigenvalue weighted by atomic mass is 9.94. The Balaban J connectivity index is 2.05.